The molecule has 0 aliphatic carbocycles. The Morgan fingerprint density at radius 1 is 1.15 bits per heavy atom. The Morgan fingerprint density at radius 3 is 2.46 bits per heavy atom. The topological polar surface area (TPSA) is 99.5 Å². The molecule has 0 aliphatic rings. The molecule has 136 valence electrons. The molecule has 0 unspecified atom stereocenters. The quantitative estimate of drug-likeness (QED) is 0.756. The van der Waals surface area contributed by atoms with Gasteiger partial charge in [0.2, 0.25) is 10.0 Å². The Morgan fingerprint density at radius 2 is 1.81 bits per heavy atom. The number of anilines is 1. The van der Waals surface area contributed by atoms with Crippen LogP contribution in [0.1, 0.15) is 5.56 Å². The second-order valence-corrected chi connectivity index (χ2v) is 7.32. The van der Waals surface area contributed by atoms with E-state index in [1.165, 1.54) is 0 Å². The predicted molar refractivity (Wildman–Crippen MR) is 98.3 cm³/mol. The fourth-order valence-electron chi connectivity index (χ4n) is 2.26. The summed E-state index contributed by atoms with van der Waals surface area (Å²) in [5.74, 6) is 0.208. The molecule has 0 spiro atoms. The molecule has 2 rings (SSSR count). The summed E-state index contributed by atoms with van der Waals surface area (Å²) in [5.41, 5.74) is 0.531. The number of benzene rings is 2. The first kappa shape index (κ1) is 19.3. The zero-order chi connectivity index (χ0) is 19.0. The first-order chi connectivity index (χ1) is 12.4. The Kier molecular flexibility index (Phi) is 6.58. The molecule has 0 saturated carbocycles. The highest BCUT2D eigenvalue weighted by atomic mass is 32.2. The fraction of sp³-hybridized carbons (Fsp3) is 0.222. The van der Waals surface area contributed by atoms with Crippen LogP contribution in [-0.2, 0) is 14.8 Å². The highest BCUT2D eigenvalue weighted by Crippen LogP contribution is 2.21. The van der Waals surface area contributed by atoms with E-state index in [2.05, 4.69) is 5.32 Å². The van der Waals surface area contributed by atoms with E-state index < -0.39 is 10.0 Å². The summed E-state index contributed by atoms with van der Waals surface area (Å²) < 4.78 is 30.6. The number of hydrogen-bond acceptors (Lipinski definition) is 5. The number of carbonyl (C=O) groups excluding carboxylic acids is 1. The van der Waals surface area contributed by atoms with Crippen LogP contribution in [0.3, 0.4) is 0 Å². The highest BCUT2D eigenvalue weighted by molar-refractivity contribution is 7.92. The van der Waals surface area contributed by atoms with Crippen molar-refractivity contribution in [2.24, 2.45) is 0 Å². The highest BCUT2D eigenvalue weighted by Gasteiger charge is 2.20. The first-order valence-corrected chi connectivity index (χ1v) is 9.68. The van der Waals surface area contributed by atoms with E-state index in [1.54, 1.807) is 48.5 Å². The average molecular weight is 373 g/mol. The van der Waals surface area contributed by atoms with E-state index in [-0.39, 0.29) is 36.9 Å². The van der Waals surface area contributed by atoms with Crippen LogP contribution in [0.15, 0.2) is 54.6 Å². The maximum absolute atomic E-state index is 12.1. The van der Waals surface area contributed by atoms with Crippen molar-refractivity contribution < 1.29 is 17.9 Å². The van der Waals surface area contributed by atoms with Crippen molar-refractivity contribution in [3.63, 3.8) is 0 Å². The number of ether oxygens (including phenoxy) is 1. The van der Waals surface area contributed by atoms with E-state index in [4.69, 9.17) is 10.00 Å². The Balaban J connectivity index is 1.94. The Hall–Kier alpha value is -3.05. The monoisotopic (exact) mass is 373 g/mol. The van der Waals surface area contributed by atoms with Crippen molar-refractivity contribution in [2.45, 2.75) is 0 Å². The molecule has 0 atom stereocenters. The number of para-hydroxylation sites is 2. The molecule has 2 aromatic rings. The SMILES string of the molecule is CS(=O)(=O)N(CCNC(=O)COc1ccccc1)c1ccccc1C#N. The lowest BCUT2D eigenvalue weighted by Crippen LogP contribution is -2.39. The van der Waals surface area contributed by atoms with Crippen molar-refractivity contribution in [1.82, 2.24) is 5.32 Å². The lowest BCUT2D eigenvalue weighted by Gasteiger charge is -2.23. The van der Waals surface area contributed by atoms with Gasteiger partial charge in [0.25, 0.3) is 5.91 Å². The van der Waals surface area contributed by atoms with E-state index in [1.807, 2.05) is 12.1 Å². The fourth-order valence-corrected chi connectivity index (χ4v) is 3.20. The molecule has 2 aromatic carbocycles. The van der Waals surface area contributed by atoms with E-state index in [9.17, 15) is 13.2 Å². The molecule has 7 nitrogen and oxygen atoms in total. The van der Waals surface area contributed by atoms with Crippen LogP contribution in [0.5, 0.6) is 5.75 Å². The molecule has 0 aliphatic heterocycles. The summed E-state index contributed by atoms with van der Waals surface area (Å²) in [6, 6.07) is 17.3. The summed E-state index contributed by atoms with van der Waals surface area (Å²) in [7, 11) is -3.60. The Labute approximate surface area is 152 Å². The first-order valence-electron chi connectivity index (χ1n) is 7.83. The van der Waals surface area contributed by atoms with Gasteiger partial charge in [0, 0.05) is 6.54 Å². The van der Waals surface area contributed by atoms with Gasteiger partial charge in [0.1, 0.15) is 11.8 Å². The number of amides is 1. The van der Waals surface area contributed by atoms with Gasteiger partial charge in [-0.15, -0.1) is 0 Å². The number of nitriles is 1. The minimum absolute atomic E-state index is 0.00854. The molecule has 0 bridgehead atoms. The predicted octanol–water partition coefficient (Wildman–Crippen LogP) is 1.52. The third-order valence-electron chi connectivity index (χ3n) is 3.44. The second-order valence-electron chi connectivity index (χ2n) is 5.42. The lowest BCUT2D eigenvalue weighted by molar-refractivity contribution is -0.123. The van der Waals surface area contributed by atoms with E-state index in [0.717, 1.165) is 10.6 Å². The second kappa shape index (κ2) is 8.87. The maximum Gasteiger partial charge on any atom is 0.258 e. The van der Waals surface area contributed by atoms with Crippen LogP contribution in [0.25, 0.3) is 0 Å². The van der Waals surface area contributed by atoms with Gasteiger partial charge in [0.15, 0.2) is 6.61 Å². The minimum Gasteiger partial charge on any atom is -0.484 e. The summed E-state index contributed by atoms with van der Waals surface area (Å²) >= 11 is 0. The molecule has 0 heterocycles. The summed E-state index contributed by atoms with van der Waals surface area (Å²) in [4.78, 5) is 11.9. The molecule has 0 radical (unpaired) electrons. The molecule has 0 fully saturated rings. The zero-order valence-electron chi connectivity index (χ0n) is 14.3. The lowest BCUT2D eigenvalue weighted by atomic mass is 10.2. The van der Waals surface area contributed by atoms with Crippen LogP contribution >= 0.6 is 0 Å². The van der Waals surface area contributed by atoms with Crippen LogP contribution in [0, 0.1) is 11.3 Å². The van der Waals surface area contributed by atoms with Crippen molar-refractivity contribution in [1.29, 1.82) is 5.26 Å². The van der Waals surface area contributed by atoms with Gasteiger partial charge in [-0.25, -0.2) is 8.42 Å². The molecular weight excluding hydrogens is 354 g/mol. The van der Waals surface area contributed by atoms with E-state index >= 15 is 0 Å². The summed E-state index contributed by atoms with van der Waals surface area (Å²) in [5, 5.41) is 11.8. The number of hydrogen-bond donors (Lipinski definition) is 1. The van der Waals surface area contributed by atoms with Crippen LogP contribution in [0.4, 0.5) is 5.69 Å². The van der Waals surface area contributed by atoms with Crippen LogP contribution < -0.4 is 14.4 Å². The number of sulfonamides is 1. The molecule has 0 saturated heterocycles. The van der Waals surface area contributed by atoms with Gasteiger partial charge in [0.05, 0.1) is 24.1 Å². The summed E-state index contributed by atoms with van der Waals surface area (Å²) in [6.07, 6.45) is 1.06. The maximum atomic E-state index is 12.1. The van der Waals surface area contributed by atoms with Gasteiger partial charge in [-0.2, -0.15) is 5.26 Å². The molecular formula is C18H19N3O4S. The third kappa shape index (κ3) is 5.50. The molecule has 26 heavy (non-hydrogen) atoms. The van der Waals surface area contributed by atoms with Gasteiger partial charge in [-0.1, -0.05) is 30.3 Å². The number of rotatable bonds is 8. The zero-order valence-corrected chi connectivity index (χ0v) is 15.1. The van der Waals surface area contributed by atoms with Crippen molar-refractivity contribution >= 4 is 21.6 Å². The smallest absolute Gasteiger partial charge is 0.258 e. The van der Waals surface area contributed by atoms with Crippen LogP contribution in [-0.4, -0.2) is 40.3 Å². The van der Waals surface area contributed by atoms with Crippen molar-refractivity contribution in [2.75, 3.05) is 30.3 Å². The van der Waals surface area contributed by atoms with Crippen LogP contribution in [0.2, 0.25) is 0 Å². The number of nitrogens with zero attached hydrogens (tertiary/aromatic N) is 2. The van der Waals surface area contributed by atoms with Gasteiger partial charge in [-0.05, 0) is 24.3 Å². The normalized spacial score (nSPS) is 10.6. The van der Waals surface area contributed by atoms with Crippen molar-refractivity contribution in [3.8, 4) is 11.8 Å². The standard InChI is InChI=1S/C18H19N3O4S/c1-26(23,24)21(17-10-6-5-7-15(17)13-19)12-11-20-18(22)14-25-16-8-3-2-4-9-16/h2-10H,11-12,14H2,1H3,(H,20,22). The average Bonchev–Trinajstić information content (AvgIpc) is 2.63. The molecule has 1 N–H and O–H groups in total. The molecule has 8 heteroatoms. The van der Waals surface area contributed by atoms with Gasteiger partial charge in [-0.3, -0.25) is 9.10 Å². The molecule has 0 aromatic heterocycles. The van der Waals surface area contributed by atoms with E-state index in [0.29, 0.717) is 5.75 Å². The third-order valence-corrected chi connectivity index (χ3v) is 4.62. The number of carbonyl (C=O) groups is 1. The minimum atomic E-state index is -3.60. The largest absolute Gasteiger partial charge is 0.484 e. The van der Waals surface area contributed by atoms with Gasteiger partial charge >= 0.3 is 0 Å². The molecule has 1 amide bonds. The number of nitrogens with one attached hydrogen (secondary N) is 1. The Bertz CT molecular complexity index is 892. The van der Waals surface area contributed by atoms with Crippen molar-refractivity contribution in [3.05, 3.63) is 60.2 Å². The van der Waals surface area contributed by atoms with Gasteiger partial charge < -0.3 is 10.1 Å². The summed E-state index contributed by atoms with van der Waals surface area (Å²) in [6.45, 7) is -0.0733.